The van der Waals surface area contributed by atoms with Gasteiger partial charge in [-0.1, -0.05) is 6.07 Å². The van der Waals surface area contributed by atoms with Crippen LogP contribution in [0.15, 0.2) is 24.4 Å². The van der Waals surface area contributed by atoms with E-state index in [0.717, 1.165) is 16.5 Å². The summed E-state index contributed by atoms with van der Waals surface area (Å²) < 4.78 is 4.70. The second-order valence-corrected chi connectivity index (χ2v) is 3.46. The van der Waals surface area contributed by atoms with Gasteiger partial charge in [0.1, 0.15) is 0 Å². The third-order valence-corrected chi connectivity index (χ3v) is 2.52. The van der Waals surface area contributed by atoms with E-state index in [1.54, 1.807) is 6.20 Å². The number of hydrogen-bond donors (Lipinski definition) is 1. The number of hydrogen-bond acceptors (Lipinski definition) is 3. The van der Waals surface area contributed by atoms with Gasteiger partial charge >= 0.3 is 5.97 Å². The smallest absolute Gasteiger partial charge is 0.312 e. The molecule has 0 fully saturated rings. The third-order valence-electron chi connectivity index (χ3n) is 2.52. The predicted molar refractivity (Wildman–Crippen MR) is 56.5 cm³/mol. The van der Waals surface area contributed by atoms with E-state index >= 15 is 0 Å². The molecule has 0 aliphatic rings. The first kappa shape index (κ1) is 9.71. The van der Waals surface area contributed by atoms with E-state index in [1.165, 1.54) is 7.11 Å². The maximum Gasteiger partial charge on any atom is 0.312 e. The van der Waals surface area contributed by atoms with Crippen molar-refractivity contribution in [1.82, 2.24) is 10.2 Å². The van der Waals surface area contributed by atoms with E-state index in [2.05, 4.69) is 10.2 Å². The SMILES string of the molecule is COC(=O)C(C)c1ccc2[nH]ncc2c1. The van der Waals surface area contributed by atoms with Crippen LogP contribution >= 0.6 is 0 Å². The molecule has 2 aromatic rings. The molecular weight excluding hydrogens is 192 g/mol. The highest BCUT2D eigenvalue weighted by molar-refractivity contribution is 5.82. The summed E-state index contributed by atoms with van der Waals surface area (Å²) in [5.74, 6) is -0.466. The minimum atomic E-state index is -0.241. The molecule has 78 valence electrons. The molecule has 2 rings (SSSR count). The Labute approximate surface area is 87.2 Å². The van der Waals surface area contributed by atoms with E-state index in [1.807, 2.05) is 25.1 Å². The van der Waals surface area contributed by atoms with Gasteiger partial charge in [0.05, 0.1) is 24.7 Å². The number of carbonyl (C=O) groups is 1. The molecule has 0 aliphatic carbocycles. The molecule has 0 radical (unpaired) electrons. The predicted octanol–water partition coefficient (Wildman–Crippen LogP) is 1.84. The van der Waals surface area contributed by atoms with Crippen molar-refractivity contribution >= 4 is 16.9 Å². The van der Waals surface area contributed by atoms with Crippen LogP contribution in [0.4, 0.5) is 0 Å². The highest BCUT2D eigenvalue weighted by atomic mass is 16.5. The Morgan fingerprint density at radius 2 is 2.33 bits per heavy atom. The van der Waals surface area contributed by atoms with Crippen LogP contribution in [0.3, 0.4) is 0 Å². The van der Waals surface area contributed by atoms with E-state index in [9.17, 15) is 4.79 Å². The van der Waals surface area contributed by atoms with Crippen LogP contribution in [0.1, 0.15) is 18.4 Å². The summed E-state index contributed by atoms with van der Waals surface area (Å²) in [6.45, 7) is 1.83. The Balaban J connectivity index is 2.39. The summed E-state index contributed by atoms with van der Waals surface area (Å²) in [7, 11) is 1.40. The summed E-state index contributed by atoms with van der Waals surface area (Å²) in [6.07, 6.45) is 1.74. The molecule has 1 N–H and O–H groups in total. The monoisotopic (exact) mass is 204 g/mol. The molecule has 0 saturated heterocycles. The van der Waals surface area contributed by atoms with Crippen LogP contribution in [0, 0.1) is 0 Å². The normalized spacial score (nSPS) is 12.7. The number of fused-ring (bicyclic) bond motifs is 1. The molecule has 0 saturated carbocycles. The molecule has 4 nitrogen and oxygen atoms in total. The van der Waals surface area contributed by atoms with Gasteiger partial charge in [0.15, 0.2) is 0 Å². The van der Waals surface area contributed by atoms with Crippen molar-refractivity contribution in [1.29, 1.82) is 0 Å². The molecule has 1 heterocycles. The number of benzene rings is 1. The minimum Gasteiger partial charge on any atom is -0.469 e. The maximum atomic E-state index is 11.3. The summed E-state index contributed by atoms with van der Waals surface area (Å²) in [5, 5.41) is 7.79. The molecule has 15 heavy (non-hydrogen) atoms. The van der Waals surface area contributed by atoms with Gasteiger partial charge in [0, 0.05) is 5.39 Å². The van der Waals surface area contributed by atoms with Crippen LogP contribution in [0.25, 0.3) is 10.9 Å². The van der Waals surface area contributed by atoms with Gasteiger partial charge in [-0.25, -0.2) is 0 Å². The zero-order chi connectivity index (χ0) is 10.8. The number of esters is 1. The first-order chi connectivity index (χ1) is 7.22. The number of nitrogens with one attached hydrogen (secondary N) is 1. The Kier molecular flexibility index (Phi) is 2.41. The third kappa shape index (κ3) is 1.70. The van der Waals surface area contributed by atoms with Gasteiger partial charge in [-0.3, -0.25) is 9.89 Å². The average molecular weight is 204 g/mol. The number of aromatic nitrogens is 2. The van der Waals surface area contributed by atoms with Gasteiger partial charge in [-0.05, 0) is 24.6 Å². The second kappa shape index (κ2) is 3.73. The van der Waals surface area contributed by atoms with E-state index < -0.39 is 0 Å². The van der Waals surface area contributed by atoms with Crippen molar-refractivity contribution in [3.63, 3.8) is 0 Å². The van der Waals surface area contributed by atoms with Crippen molar-refractivity contribution in [2.75, 3.05) is 7.11 Å². The number of nitrogens with zero attached hydrogens (tertiary/aromatic N) is 1. The highest BCUT2D eigenvalue weighted by Crippen LogP contribution is 2.20. The van der Waals surface area contributed by atoms with Gasteiger partial charge in [0.25, 0.3) is 0 Å². The average Bonchev–Trinajstić information content (AvgIpc) is 2.73. The number of ether oxygens (including phenoxy) is 1. The van der Waals surface area contributed by atoms with Crippen LogP contribution in [-0.2, 0) is 9.53 Å². The largest absolute Gasteiger partial charge is 0.469 e. The zero-order valence-electron chi connectivity index (χ0n) is 8.65. The number of methoxy groups -OCH3 is 1. The van der Waals surface area contributed by atoms with Crippen LogP contribution in [0.5, 0.6) is 0 Å². The standard InChI is InChI=1S/C11H12N2O2/c1-7(11(14)15-2)8-3-4-10-9(5-8)6-12-13-10/h3-7H,1-2H3,(H,12,13). The molecule has 4 heteroatoms. The summed E-state index contributed by atoms with van der Waals surface area (Å²) >= 11 is 0. The Morgan fingerprint density at radius 1 is 1.53 bits per heavy atom. The molecule has 1 aromatic carbocycles. The van der Waals surface area contributed by atoms with E-state index in [0.29, 0.717) is 0 Å². The summed E-state index contributed by atoms with van der Waals surface area (Å²) in [6, 6.07) is 5.76. The first-order valence-electron chi connectivity index (χ1n) is 4.73. The number of rotatable bonds is 2. The topological polar surface area (TPSA) is 55.0 Å². The quantitative estimate of drug-likeness (QED) is 0.759. The lowest BCUT2D eigenvalue weighted by Crippen LogP contribution is -2.10. The lowest BCUT2D eigenvalue weighted by molar-refractivity contribution is -0.141. The summed E-state index contributed by atoms with van der Waals surface area (Å²) in [4.78, 5) is 11.3. The Bertz CT molecular complexity index is 490. The maximum absolute atomic E-state index is 11.3. The second-order valence-electron chi connectivity index (χ2n) is 3.46. The van der Waals surface area contributed by atoms with E-state index in [-0.39, 0.29) is 11.9 Å². The molecule has 0 bridgehead atoms. The lowest BCUT2D eigenvalue weighted by atomic mass is 10.0. The lowest BCUT2D eigenvalue weighted by Gasteiger charge is -2.08. The molecule has 0 spiro atoms. The van der Waals surface area contributed by atoms with Gasteiger partial charge in [-0.15, -0.1) is 0 Å². The summed E-state index contributed by atoms with van der Waals surface area (Å²) in [5.41, 5.74) is 1.91. The minimum absolute atomic E-state index is 0.224. The van der Waals surface area contributed by atoms with Crippen LogP contribution in [-0.4, -0.2) is 23.3 Å². The molecule has 0 amide bonds. The van der Waals surface area contributed by atoms with Gasteiger partial charge in [0.2, 0.25) is 0 Å². The Morgan fingerprint density at radius 3 is 3.07 bits per heavy atom. The fourth-order valence-corrected chi connectivity index (χ4v) is 1.54. The molecule has 1 aromatic heterocycles. The zero-order valence-corrected chi connectivity index (χ0v) is 8.65. The molecule has 0 aliphatic heterocycles. The Hall–Kier alpha value is -1.84. The van der Waals surface area contributed by atoms with Crippen molar-refractivity contribution in [2.24, 2.45) is 0 Å². The number of H-pyrrole nitrogens is 1. The van der Waals surface area contributed by atoms with Crippen molar-refractivity contribution < 1.29 is 9.53 Å². The van der Waals surface area contributed by atoms with Crippen LogP contribution < -0.4 is 0 Å². The van der Waals surface area contributed by atoms with Gasteiger partial charge in [-0.2, -0.15) is 5.10 Å². The van der Waals surface area contributed by atoms with Crippen molar-refractivity contribution in [3.05, 3.63) is 30.0 Å². The highest BCUT2D eigenvalue weighted by Gasteiger charge is 2.15. The number of aromatic amines is 1. The molecular formula is C11H12N2O2. The van der Waals surface area contributed by atoms with Crippen molar-refractivity contribution in [3.8, 4) is 0 Å². The number of carbonyl (C=O) groups excluding carboxylic acids is 1. The van der Waals surface area contributed by atoms with Gasteiger partial charge < -0.3 is 4.74 Å². The molecule has 1 unspecified atom stereocenters. The van der Waals surface area contributed by atoms with Crippen LogP contribution in [0.2, 0.25) is 0 Å². The molecule has 1 atom stereocenters. The van der Waals surface area contributed by atoms with Crippen molar-refractivity contribution in [2.45, 2.75) is 12.8 Å². The fraction of sp³-hybridized carbons (Fsp3) is 0.273. The van der Waals surface area contributed by atoms with E-state index in [4.69, 9.17) is 4.74 Å². The fourth-order valence-electron chi connectivity index (χ4n) is 1.54. The first-order valence-corrected chi connectivity index (χ1v) is 4.73.